The molecule has 0 bridgehead atoms. The Bertz CT molecular complexity index is 1110. The van der Waals surface area contributed by atoms with Gasteiger partial charge < -0.3 is 20.3 Å². The first-order valence-corrected chi connectivity index (χ1v) is 14.5. The van der Waals surface area contributed by atoms with E-state index in [1.165, 1.54) is 0 Å². The van der Waals surface area contributed by atoms with Crippen molar-refractivity contribution >= 4 is 35.4 Å². The number of anilines is 1. The summed E-state index contributed by atoms with van der Waals surface area (Å²) in [5.41, 5.74) is 3.60. The second kappa shape index (κ2) is 14.2. The average molecular weight is 542 g/mol. The molecule has 8 heteroatoms. The van der Waals surface area contributed by atoms with Crippen LogP contribution in [0.3, 0.4) is 0 Å². The molecule has 2 aromatic rings. The number of amides is 3. The van der Waals surface area contributed by atoms with Crippen LogP contribution in [0, 0.1) is 20.8 Å². The van der Waals surface area contributed by atoms with Gasteiger partial charge in [-0.1, -0.05) is 48.9 Å². The van der Waals surface area contributed by atoms with Gasteiger partial charge in [0, 0.05) is 12.2 Å². The van der Waals surface area contributed by atoms with Crippen LogP contribution in [0.4, 0.5) is 10.5 Å². The third-order valence-electron chi connectivity index (χ3n) is 6.04. The Morgan fingerprint density at radius 1 is 1.03 bits per heavy atom. The number of nitrogens with one attached hydrogen (secondary N) is 2. The predicted molar refractivity (Wildman–Crippen MR) is 157 cm³/mol. The summed E-state index contributed by atoms with van der Waals surface area (Å²) in [6.45, 7) is 13.5. The molecule has 2 N–H and O–H groups in total. The molecule has 208 valence electrons. The van der Waals surface area contributed by atoms with E-state index in [4.69, 9.17) is 4.74 Å². The summed E-state index contributed by atoms with van der Waals surface area (Å²) in [6.07, 6.45) is 2.36. The minimum Gasteiger partial charge on any atom is -0.444 e. The number of thioether (sulfide) groups is 1. The molecule has 3 amide bonds. The highest BCUT2D eigenvalue weighted by Gasteiger charge is 2.36. The Labute approximate surface area is 232 Å². The topological polar surface area (TPSA) is 87.7 Å². The van der Waals surface area contributed by atoms with Crippen molar-refractivity contribution in [3.8, 4) is 0 Å². The Balaban J connectivity index is 2.54. The number of hydrogen-bond acceptors (Lipinski definition) is 5. The van der Waals surface area contributed by atoms with E-state index in [1.54, 1.807) is 37.4 Å². The zero-order valence-electron chi connectivity index (χ0n) is 24.0. The van der Waals surface area contributed by atoms with E-state index in [0.29, 0.717) is 30.8 Å². The normalized spacial score (nSPS) is 12.8. The summed E-state index contributed by atoms with van der Waals surface area (Å²) in [5.74, 6) is 0.0590. The smallest absolute Gasteiger partial charge is 0.408 e. The van der Waals surface area contributed by atoms with Gasteiger partial charge in [0.25, 0.3) is 5.91 Å². The second-order valence-electron chi connectivity index (χ2n) is 10.6. The number of benzene rings is 2. The zero-order chi connectivity index (χ0) is 28.5. The number of hydrogen-bond donors (Lipinski definition) is 2. The van der Waals surface area contributed by atoms with Gasteiger partial charge >= 0.3 is 6.09 Å². The van der Waals surface area contributed by atoms with Crippen LogP contribution in [-0.2, 0) is 14.3 Å². The van der Waals surface area contributed by atoms with Gasteiger partial charge in [-0.05, 0) is 89.1 Å². The first-order chi connectivity index (χ1) is 17.9. The molecule has 0 heterocycles. The second-order valence-corrected chi connectivity index (χ2v) is 11.6. The number of aryl methyl sites for hydroxylation is 3. The zero-order valence-corrected chi connectivity index (χ0v) is 24.8. The van der Waals surface area contributed by atoms with E-state index in [1.807, 2.05) is 76.4 Å². The number of nitrogens with zero attached hydrogens (tertiary/aromatic N) is 1. The van der Waals surface area contributed by atoms with Crippen molar-refractivity contribution in [2.45, 2.75) is 79.0 Å². The van der Waals surface area contributed by atoms with Crippen molar-refractivity contribution in [1.82, 2.24) is 10.2 Å². The summed E-state index contributed by atoms with van der Waals surface area (Å²) < 4.78 is 5.45. The molecule has 2 rings (SSSR count). The maximum atomic E-state index is 14.1. The van der Waals surface area contributed by atoms with Crippen LogP contribution >= 0.6 is 11.8 Å². The van der Waals surface area contributed by atoms with Gasteiger partial charge in [-0.2, -0.15) is 11.8 Å². The lowest BCUT2D eigenvalue weighted by atomic mass is 9.95. The van der Waals surface area contributed by atoms with E-state index in [2.05, 4.69) is 10.6 Å². The van der Waals surface area contributed by atoms with Crippen LogP contribution < -0.4 is 10.6 Å². The molecule has 7 nitrogen and oxygen atoms in total. The molecule has 0 fully saturated rings. The highest BCUT2D eigenvalue weighted by molar-refractivity contribution is 7.98. The van der Waals surface area contributed by atoms with Crippen LogP contribution in [0.1, 0.15) is 68.8 Å². The highest BCUT2D eigenvalue weighted by atomic mass is 32.2. The Morgan fingerprint density at radius 3 is 2.32 bits per heavy atom. The van der Waals surface area contributed by atoms with Crippen LogP contribution in [-0.4, -0.2) is 53.0 Å². The molecule has 0 aromatic heterocycles. The highest BCUT2D eigenvalue weighted by Crippen LogP contribution is 2.29. The molecule has 0 aliphatic rings. The summed E-state index contributed by atoms with van der Waals surface area (Å²) in [4.78, 5) is 42.4. The van der Waals surface area contributed by atoms with Crippen LogP contribution in [0.15, 0.2) is 42.5 Å². The molecule has 2 atom stereocenters. The number of alkyl carbamates (subject to hydrolysis) is 1. The van der Waals surface area contributed by atoms with Crippen molar-refractivity contribution in [2.75, 3.05) is 23.9 Å². The average Bonchev–Trinajstić information content (AvgIpc) is 2.83. The first kappa shape index (κ1) is 31.2. The Morgan fingerprint density at radius 2 is 1.71 bits per heavy atom. The van der Waals surface area contributed by atoms with Gasteiger partial charge in [-0.3, -0.25) is 9.59 Å². The van der Waals surface area contributed by atoms with E-state index < -0.39 is 23.8 Å². The molecule has 0 aliphatic heterocycles. The Kier molecular flexibility index (Phi) is 11.7. The van der Waals surface area contributed by atoms with Crippen LogP contribution in [0.25, 0.3) is 0 Å². The standard InChI is InChI=1S/C30H43N3O4S/c1-9-17-33(28(35)25(16-18-38-8)32-29(36)37-30(5,6)7)26(23-19-20(2)14-15-21(23)3)27(34)31-24-13-11-10-12-22(24)4/h10-15,19,25-26H,9,16-18H2,1-8H3,(H,31,34)(H,32,36). The van der Waals surface area contributed by atoms with Crippen molar-refractivity contribution in [1.29, 1.82) is 0 Å². The SMILES string of the molecule is CCCN(C(=O)C(CCSC)NC(=O)OC(C)(C)C)C(C(=O)Nc1ccccc1C)c1cc(C)ccc1C. The van der Waals surface area contributed by atoms with Crippen LogP contribution in [0.2, 0.25) is 0 Å². The quantitative estimate of drug-likeness (QED) is 0.355. The van der Waals surface area contributed by atoms with Gasteiger partial charge in [-0.25, -0.2) is 4.79 Å². The molecular weight excluding hydrogens is 498 g/mol. The number of ether oxygens (including phenoxy) is 1. The third kappa shape index (κ3) is 9.08. The van der Waals surface area contributed by atoms with Crippen molar-refractivity contribution in [3.63, 3.8) is 0 Å². The molecule has 0 radical (unpaired) electrons. The summed E-state index contributed by atoms with van der Waals surface area (Å²) in [6, 6.07) is 11.8. The fraction of sp³-hybridized carbons (Fsp3) is 0.500. The third-order valence-corrected chi connectivity index (χ3v) is 6.68. The largest absolute Gasteiger partial charge is 0.444 e. The lowest BCUT2D eigenvalue weighted by Crippen LogP contribution is -2.53. The molecule has 0 spiro atoms. The monoisotopic (exact) mass is 541 g/mol. The molecule has 2 unspecified atom stereocenters. The molecule has 2 aromatic carbocycles. The van der Waals surface area contributed by atoms with Gasteiger partial charge in [0.1, 0.15) is 17.7 Å². The summed E-state index contributed by atoms with van der Waals surface area (Å²) in [5, 5.41) is 5.83. The first-order valence-electron chi connectivity index (χ1n) is 13.1. The maximum absolute atomic E-state index is 14.1. The van der Waals surface area contributed by atoms with Crippen LogP contribution in [0.5, 0.6) is 0 Å². The maximum Gasteiger partial charge on any atom is 0.408 e. The minimum absolute atomic E-state index is 0.296. The fourth-order valence-electron chi connectivity index (χ4n) is 4.17. The number of para-hydroxylation sites is 1. The summed E-state index contributed by atoms with van der Waals surface area (Å²) in [7, 11) is 0. The van der Waals surface area contributed by atoms with Crippen molar-refractivity contribution < 1.29 is 19.1 Å². The molecule has 38 heavy (non-hydrogen) atoms. The molecule has 0 aliphatic carbocycles. The van der Waals surface area contributed by atoms with Gasteiger partial charge in [-0.15, -0.1) is 0 Å². The molecule has 0 saturated heterocycles. The Hall–Kier alpha value is -3.00. The van der Waals surface area contributed by atoms with Crippen molar-refractivity contribution in [2.24, 2.45) is 0 Å². The number of rotatable bonds is 11. The fourth-order valence-corrected chi connectivity index (χ4v) is 4.64. The predicted octanol–water partition coefficient (Wildman–Crippen LogP) is 6.18. The van der Waals surface area contributed by atoms with E-state index in [-0.39, 0.29) is 11.8 Å². The molecule has 0 saturated carbocycles. The number of carbonyl (C=O) groups is 3. The van der Waals surface area contributed by atoms with Gasteiger partial charge in [0.05, 0.1) is 0 Å². The van der Waals surface area contributed by atoms with E-state index in [0.717, 1.165) is 22.3 Å². The van der Waals surface area contributed by atoms with Crippen molar-refractivity contribution in [3.05, 3.63) is 64.7 Å². The number of carbonyl (C=O) groups excluding carboxylic acids is 3. The lowest BCUT2D eigenvalue weighted by molar-refractivity contribution is -0.140. The molecular formula is C30H43N3O4S. The lowest BCUT2D eigenvalue weighted by Gasteiger charge is -2.35. The minimum atomic E-state index is -0.876. The van der Waals surface area contributed by atoms with E-state index in [9.17, 15) is 14.4 Å². The van der Waals surface area contributed by atoms with E-state index >= 15 is 0 Å². The van der Waals surface area contributed by atoms with Gasteiger partial charge in [0.2, 0.25) is 5.91 Å². The summed E-state index contributed by atoms with van der Waals surface area (Å²) >= 11 is 1.59. The van der Waals surface area contributed by atoms with Gasteiger partial charge in [0.15, 0.2) is 0 Å².